The van der Waals surface area contributed by atoms with E-state index in [0.717, 1.165) is 4.70 Å². The molecule has 1 N–H and O–H groups in total. The molecule has 1 aromatic heterocycles. The second-order valence-electron chi connectivity index (χ2n) is 5.52. The number of hydrogen-bond acceptors (Lipinski definition) is 5. The third kappa shape index (κ3) is 3.87. The van der Waals surface area contributed by atoms with Crippen LogP contribution in [0.1, 0.15) is 22.2 Å². The number of esters is 1. The maximum atomic E-state index is 13.2. The standard InChI is InChI=1S/C19H13FN2O3S/c1-11(18(23)22-15-4-2-3-12(7-15)10-21)25-19(24)17-9-13-8-14(20)5-6-16(13)26-17/h2-9,11H,1H3,(H,22,23)/t11-/m0/s1. The predicted octanol–water partition coefficient (Wildman–Crippen LogP) is 4.10. The molecule has 1 atom stereocenters. The summed E-state index contributed by atoms with van der Waals surface area (Å²) in [5.74, 6) is -1.55. The molecule has 1 heterocycles. The predicted molar refractivity (Wildman–Crippen MR) is 96.4 cm³/mol. The Morgan fingerprint density at radius 2 is 2.04 bits per heavy atom. The van der Waals surface area contributed by atoms with Crippen LogP contribution in [0.5, 0.6) is 0 Å². The summed E-state index contributed by atoms with van der Waals surface area (Å²) in [5, 5.41) is 12.1. The van der Waals surface area contributed by atoms with E-state index in [1.165, 1.54) is 42.5 Å². The van der Waals surface area contributed by atoms with Gasteiger partial charge < -0.3 is 10.1 Å². The highest BCUT2D eigenvalue weighted by molar-refractivity contribution is 7.20. The van der Waals surface area contributed by atoms with Gasteiger partial charge in [0.05, 0.1) is 11.6 Å². The zero-order valence-corrected chi connectivity index (χ0v) is 14.5. The molecular weight excluding hydrogens is 355 g/mol. The molecule has 0 aliphatic rings. The van der Waals surface area contributed by atoms with Gasteiger partial charge in [-0.05, 0) is 54.8 Å². The lowest BCUT2D eigenvalue weighted by Crippen LogP contribution is -2.29. The van der Waals surface area contributed by atoms with Gasteiger partial charge in [-0.1, -0.05) is 6.07 Å². The summed E-state index contributed by atoms with van der Waals surface area (Å²) in [4.78, 5) is 24.7. The largest absolute Gasteiger partial charge is 0.448 e. The molecule has 7 heteroatoms. The molecule has 1 amide bonds. The van der Waals surface area contributed by atoms with Gasteiger partial charge in [0, 0.05) is 10.4 Å². The van der Waals surface area contributed by atoms with Crippen molar-refractivity contribution in [3.63, 3.8) is 0 Å². The van der Waals surface area contributed by atoms with Crippen LogP contribution in [0.2, 0.25) is 0 Å². The molecule has 0 fully saturated rings. The fourth-order valence-corrected chi connectivity index (χ4v) is 3.22. The SMILES string of the molecule is C[C@H](OC(=O)c1cc2cc(F)ccc2s1)C(=O)Nc1cccc(C#N)c1. The highest BCUT2D eigenvalue weighted by Crippen LogP contribution is 2.27. The molecule has 0 spiro atoms. The van der Waals surface area contributed by atoms with Crippen LogP contribution in [0.25, 0.3) is 10.1 Å². The van der Waals surface area contributed by atoms with E-state index in [9.17, 15) is 14.0 Å². The van der Waals surface area contributed by atoms with E-state index in [1.807, 2.05) is 6.07 Å². The second kappa shape index (κ2) is 7.33. The first kappa shape index (κ1) is 17.6. The average Bonchev–Trinajstić information content (AvgIpc) is 3.05. The molecule has 26 heavy (non-hydrogen) atoms. The van der Waals surface area contributed by atoms with E-state index in [4.69, 9.17) is 10.00 Å². The molecule has 0 aliphatic carbocycles. The van der Waals surface area contributed by atoms with Gasteiger partial charge in [-0.25, -0.2) is 9.18 Å². The van der Waals surface area contributed by atoms with Gasteiger partial charge >= 0.3 is 5.97 Å². The van der Waals surface area contributed by atoms with Crippen LogP contribution in [0.3, 0.4) is 0 Å². The maximum absolute atomic E-state index is 13.2. The van der Waals surface area contributed by atoms with Crippen molar-refractivity contribution in [2.24, 2.45) is 0 Å². The number of ether oxygens (including phenoxy) is 1. The number of nitriles is 1. The molecule has 0 aliphatic heterocycles. The number of halogens is 1. The molecule has 0 saturated carbocycles. The van der Waals surface area contributed by atoms with Gasteiger partial charge in [0.1, 0.15) is 10.7 Å². The summed E-state index contributed by atoms with van der Waals surface area (Å²) in [6.45, 7) is 1.45. The van der Waals surface area contributed by atoms with Crippen molar-refractivity contribution in [1.29, 1.82) is 5.26 Å². The van der Waals surface area contributed by atoms with Crippen molar-refractivity contribution in [2.45, 2.75) is 13.0 Å². The number of hydrogen-bond donors (Lipinski definition) is 1. The molecule has 130 valence electrons. The fraction of sp³-hybridized carbons (Fsp3) is 0.105. The summed E-state index contributed by atoms with van der Waals surface area (Å²) >= 11 is 1.17. The third-order valence-electron chi connectivity index (χ3n) is 3.59. The van der Waals surface area contributed by atoms with Crippen LogP contribution < -0.4 is 5.32 Å². The van der Waals surface area contributed by atoms with Gasteiger partial charge in [0.15, 0.2) is 6.10 Å². The number of benzene rings is 2. The number of nitrogens with zero attached hydrogens (tertiary/aromatic N) is 1. The van der Waals surface area contributed by atoms with E-state index >= 15 is 0 Å². The summed E-state index contributed by atoms with van der Waals surface area (Å²) in [6.07, 6.45) is -1.03. The molecule has 5 nitrogen and oxygen atoms in total. The number of amides is 1. The zero-order valence-electron chi connectivity index (χ0n) is 13.7. The summed E-state index contributed by atoms with van der Waals surface area (Å²) < 4.78 is 19.2. The minimum absolute atomic E-state index is 0.289. The lowest BCUT2D eigenvalue weighted by molar-refractivity contribution is -0.123. The van der Waals surface area contributed by atoms with Gasteiger partial charge in [-0.3, -0.25) is 4.79 Å². The molecule has 3 aromatic rings. The number of carbonyl (C=O) groups is 2. The van der Waals surface area contributed by atoms with E-state index < -0.39 is 18.0 Å². The first-order chi connectivity index (χ1) is 12.5. The number of nitrogens with one attached hydrogen (secondary N) is 1. The van der Waals surface area contributed by atoms with Crippen molar-refractivity contribution >= 4 is 39.0 Å². The quantitative estimate of drug-likeness (QED) is 0.703. The number of rotatable bonds is 4. The topological polar surface area (TPSA) is 79.2 Å². The lowest BCUT2D eigenvalue weighted by atomic mass is 10.2. The Kier molecular flexibility index (Phi) is 4.96. The van der Waals surface area contributed by atoms with E-state index in [-0.39, 0.29) is 10.7 Å². The third-order valence-corrected chi connectivity index (χ3v) is 4.69. The van der Waals surface area contributed by atoms with E-state index in [0.29, 0.717) is 16.6 Å². The van der Waals surface area contributed by atoms with Crippen molar-refractivity contribution in [2.75, 3.05) is 5.32 Å². The Balaban J connectivity index is 1.67. The van der Waals surface area contributed by atoms with Crippen LogP contribution in [-0.4, -0.2) is 18.0 Å². The molecule has 0 radical (unpaired) electrons. The van der Waals surface area contributed by atoms with Crippen molar-refractivity contribution in [3.8, 4) is 6.07 Å². The Morgan fingerprint density at radius 1 is 1.23 bits per heavy atom. The highest BCUT2D eigenvalue weighted by Gasteiger charge is 2.20. The molecule has 0 unspecified atom stereocenters. The number of carbonyl (C=O) groups excluding carboxylic acids is 2. The Hall–Kier alpha value is -3.24. The van der Waals surface area contributed by atoms with Gasteiger partial charge in [-0.2, -0.15) is 5.26 Å². The normalized spacial score (nSPS) is 11.6. The fourth-order valence-electron chi connectivity index (χ4n) is 2.30. The van der Waals surface area contributed by atoms with E-state index in [1.54, 1.807) is 24.3 Å². The number of thiophene rings is 1. The van der Waals surface area contributed by atoms with Crippen LogP contribution in [0.15, 0.2) is 48.5 Å². The Morgan fingerprint density at radius 3 is 2.81 bits per heavy atom. The molecule has 0 saturated heterocycles. The molecule has 0 bridgehead atoms. The van der Waals surface area contributed by atoms with Gasteiger partial charge in [-0.15, -0.1) is 11.3 Å². The minimum Gasteiger partial charge on any atom is -0.448 e. The van der Waals surface area contributed by atoms with Crippen LogP contribution >= 0.6 is 11.3 Å². The summed E-state index contributed by atoms with van der Waals surface area (Å²) in [6, 6.07) is 14.2. The highest BCUT2D eigenvalue weighted by atomic mass is 32.1. The van der Waals surface area contributed by atoms with Gasteiger partial charge in [0.25, 0.3) is 5.91 Å². The Bertz CT molecular complexity index is 1040. The monoisotopic (exact) mass is 368 g/mol. The average molecular weight is 368 g/mol. The lowest BCUT2D eigenvalue weighted by Gasteiger charge is -2.13. The number of anilines is 1. The number of fused-ring (bicyclic) bond motifs is 1. The van der Waals surface area contributed by atoms with Crippen molar-refractivity contribution in [3.05, 3.63) is 64.8 Å². The molecular formula is C19H13FN2O3S. The smallest absolute Gasteiger partial charge is 0.349 e. The maximum Gasteiger partial charge on any atom is 0.349 e. The summed E-state index contributed by atoms with van der Waals surface area (Å²) in [7, 11) is 0. The van der Waals surface area contributed by atoms with Gasteiger partial charge in [0.2, 0.25) is 0 Å². The second-order valence-corrected chi connectivity index (χ2v) is 6.61. The van der Waals surface area contributed by atoms with E-state index in [2.05, 4.69) is 5.32 Å². The summed E-state index contributed by atoms with van der Waals surface area (Å²) in [5.41, 5.74) is 0.847. The zero-order chi connectivity index (χ0) is 18.7. The first-order valence-corrected chi connectivity index (χ1v) is 8.49. The van der Waals surface area contributed by atoms with Crippen LogP contribution in [-0.2, 0) is 9.53 Å². The first-order valence-electron chi connectivity index (χ1n) is 7.67. The van der Waals surface area contributed by atoms with Crippen molar-refractivity contribution < 1.29 is 18.7 Å². The molecule has 2 aromatic carbocycles. The molecule has 3 rings (SSSR count). The van der Waals surface area contributed by atoms with Crippen LogP contribution in [0.4, 0.5) is 10.1 Å². The van der Waals surface area contributed by atoms with Crippen molar-refractivity contribution in [1.82, 2.24) is 0 Å². The van der Waals surface area contributed by atoms with Crippen LogP contribution in [0, 0.1) is 17.1 Å². The minimum atomic E-state index is -1.03. The Labute approximate surface area is 152 Å².